The van der Waals surface area contributed by atoms with Gasteiger partial charge in [0.25, 0.3) is 0 Å². The van der Waals surface area contributed by atoms with Crippen molar-refractivity contribution in [3.63, 3.8) is 0 Å². The van der Waals surface area contributed by atoms with Gasteiger partial charge in [-0.15, -0.1) is 0 Å². The zero-order chi connectivity index (χ0) is 7.98. The lowest BCUT2D eigenvalue weighted by Gasteiger charge is -2.05. The van der Waals surface area contributed by atoms with Gasteiger partial charge in [0.1, 0.15) is 6.04 Å². The van der Waals surface area contributed by atoms with Crippen molar-refractivity contribution in [2.75, 3.05) is 6.61 Å². The van der Waals surface area contributed by atoms with Gasteiger partial charge in [-0.2, -0.15) is 0 Å². The molecule has 0 aromatic carbocycles. The highest BCUT2D eigenvalue weighted by atomic mass is 31.1. The smallest absolute Gasteiger partial charge is 0.321 e. The average molecular weight is 165 g/mol. The van der Waals surface area contributed by atoms with Crippen LogP contribution in [0.5, 0.6) is 0 Å². The molecule has 6 heteroatoms. The molecule has 1 atom stereocenters. The standard InChI is InChI=1S/C4H8NO4P/c6-2-1-3(4(7)8)5-10-9/h3,6H,1-2H2,(H,5,9)(H,7,8). The van der Waals surface area contributed by atoms with Crippen LogP contribution in [0.1, 0.15) is 6.42 Å². The Labute approximate surface area is 59.3 Å². The molecule has 0 saturated carbocycles. The van der Waals surface area contributed by atoms with Crippen LogP contribution in [-0.4, -0.2) is 28.8 Å². The van der Waals surface area contributed by atoms with E-state index in [4.69, 9.17) is 10.2 Å². The molecule has 0 spiro atoms. The first kappa shape index (κ1) is 9.49. The van der Waals surface area contributed by atoms with Gasteiger partial charge in [-0.3, -0.25) is 9.36 Å². The van der Waals surface area contributed by atoms with Gasteiger partial charge in [-0.1, -0.05) is 0 Å². The fourth-order valence-corrected chi connectivity index (χ4v) is 0.803. The molecular formula is C4H8NO4P. The molecule has 0 amide bonds. The summed E-state index contributed by atoms with van der Waals surface area (Å²) >= 11 is 0. The fraction of sp³-hybridized carbons (Fsp3) is 0.750. The first-order valence-electron chi connectivity index (χ1n) is 2.64. The molecule has 5 nitrogen and oxygen atoms in total. The van der Waals surface area contributed by atoms with E-state index in [1.165, 1.54) is 0 Å². The fourth-order valence-electron chi connectivity index (χ4n) is 0.436. The third-order valence-electron chi connectivity index (χ3n) is 0.924. The SMILES string of the molecule is O=PNC(CCO)C(=O)O. The van der Waals surface area contributed by atoms with Gasteiger partial charge in [0.2, 0.25) is 8.61 Å². The van der Waals surface area contributed by atoms with E-state index in [2.05, 4.69) is 5.09 Å². The highest BCUT2D eigenvalue weighted by molar-refractivity contribution is 7.21. The quantitative estimate of drug-likeness (QED) is 0.483. The minimum Gasteiger partial charge on any atom is -0.480 e. The van der Waals surface area contributed by atoms with Crippen molar-refractivity contribution in [3.8, 4) is 0 Å². The number of rotatable bonds is 5. The van der Waals surface area contributed by atoms with Crippen molar-refractivity contribution in [3.05, 3.63) is 0 Å². The average Bonchev–Trinajstić information content (AvgIpc) is 1.87. The second-order valence-corrected chi connectivity index (χ2v) is 2.06. The van der Waals surface area contributed by atoms with E-state index < -0.39 is 20.6 Å². The molecule has 0 fully saturated rings. The van der Waals surface area contributed by atoms with Crippen LogP contribution in [0.25, 0.3) is 0 Å². The first-order valence-corrected chi connectivity index (χ1v) is 3.45. The summed E-state index contributed by atoms with van der Waals surface area (Å²) in [5.74, 6) is -1.11. The van der Waals surface area contributed by atoms with Crippen molar-refractivity contribution in [1.29, 1.82) is 0 Å². The molecule has 0 saturated heterocycles. The summed E-state index contributed by atoms with van der Waals surface area (Å²) < 4.78 is 9.84. The van der Waals surface area contributed by atoms with Gasteiger partial charge in [0.05, 0.1) is 0 Å². The second-order valence-electron chi connectivity index (χ2n) is 1.62. The lowest BCUT2D eigenvalue weighted by atomic mass is 10.2. The van der Waals surface area contributed by atoms with E-state index in [-0.39, 0.29) is 13.0 Å². The van der Waals surface area contributed by atoms with Crippen molar-refractivity contribution in [1.82, 2.24) is 5.09 Å². The number of carboxylic acids is 1. The van der Waals surface area contributed by atoms with Crippen LogP contribution in [0.2, 0.25) is 0 Å². The Hall–Kier alpha value is -0.510. The zero-order valence-electron chi connectivity index (χ0n) is 5.15. The van der Waals surface area contributed by atoms with Gasteiger partial charge in [0.15, 0.2) is 0 Å². The summed E-state index contributed by atoms with van der Waals surface area (Å²) in [4.78, 5) is 10.2. The Balaban J connectivity index is 3.71. The zero-order valence-corrected chi connectivity index (χ0v) is 6.04. The minimum atomic E-state index is -1.11. The molecule has 0 aliphatic rings. The van der Waals surface area contributed by atoms with Crippen LogP contribution in [0.15, 0.2) is 0 Å². The molecule has 0 bridgehead atoms. The van der Waals surface area contributed by atoms with E-state index in [0.29, 0.717) is 0 Å². The molecule has 0 rings (SSSR count). The Kier molecular flexibility index (Phi) is 5.02. The van der Waals surface area contributed by atoms with Crippen LogP contribution >= 0.6 is 8.61 Å². The molecule has 0 aromatic heterocycles. The lowest BCUT2D eigenvalue weighted by Crippen LogP contribution is -2.31. The van der Waals surface area contributed by atoms with Crippen molar-refractivity contribution >= 4 is 14.6 Å². The molecule has 1 unspecified atom stereocenters. The van der Waals surface area contributed by atoms with Gasteiger partial charge in [-0.05, 0) is 6.42 Å². The van der Waals surface area contributed by atoms with E-state index in [1.807, 2.05) is 0 Å². The number of aliphatic hydroxyl groups excluding tert-OH is 1. The maximum Gasteiger partial charge on any atom is 0.321 e. The molecule has 0 aliphatic carbocycles. The summed E-state index contributed by atoms with van der Waals surface area (Å²) in [6.07, 6.45) is 0.0601. The molecule has 0 heterocycles. The first-order chi connectivity index (χ1) is 4.72. The van der Waals surface area contributed by atoms with Crippen LogP contribution in [0.4, 0.5) is 0 Å². The summed E-state index contributed by atoms with van der Waals surface area (Å²) in [6.45, 7) is -0.237. The topological polar surface area (TPSA) is 86.6 Å². The lowest BCUT2D eigenvalue weighted by molar-refractivity contribution is -0.139. The van der Waals surface area contributed by atoms with Crippen molar-refractivity contribution in [2.45, 2.75) is 12.5 Å². The minimum absolute atomic E-state index is 0.0601. The van der Waals surface area contributed by atoms with E-state index in [1.54, 1.807) is 0 Å². The van der Waals surface area contributed by atoms with E-state index in [0.717, 1.165) is 0 Å². The molecule has 0 aromatic rings. The third kappa shape index (κ3) is 3.50. The van der Waals surface area contributed by atoms with Crippen molar-refractivity contribution in [2.24, 2.45) is 0 Å². The predicted octanol–water partition coefficient (Wildman–Crippen LogP) is -0.382. The number of carbonyl (C=O) groups is 1. The van der Waals surface area contributed by atoms with Crippen LogP contribution in [0, 0.1) is 0 Å². The number of aliphatic carboxylic acids is 1. The predicted molar refractivity (Wildman–Crippen MR) is 33.9 cm³/mol. The Bertz CT molecular complexity index is 128. The molecular weight excluding hydrogens is 157 g/mol. The van der Waals surface area contributed by atoms with Gasteiger partial charge >= 0.3 is 5.97 Å². The Morgan fingerprint density at radius 1 is 1.70 bits per heavy atom. The van der Waals surface area contributed by atoms with Crippen LogP contribution < -0.4 is 5.09 Å². The highest BCUT2D eigenvalue weighted by Crippen LogP contribution is 1.95. The largest absolute Gasteiger partial charge is 0.480 e. The molecule has 0 aliphatic heterocycles. The molecule has 0 radical (unpaired) electrons. The highest BCUT2D eigenvalue weighted by Gasteiger charge is 2.14. The number of hydrogen-bond acceptors (Lipinski definition) is 3. The number of nitrogens with one attached hydrogen (secondary N) is 1. The number of hydrogen-bond donors (Lipinski definition) is 3. The second kappa shape index (κ2) is 5.29. The van der Waals surface area contributed by atoms with Crippen LogP contribution in [0.3, 0.4) is 0 Å². The van der Waals surface area contributed by atoms with E-state index >= 15 is 0 Å². The Morgan fingerprint density at radius 2 is 2.30 bits per heavy atom. The maximum atomic E-state index is 10.2. The summed E-state index contributed by atoms with van der Waals surface area (Å²) in [6, 6.07) is -0.927. The van der Waals surface area contributed by atoms with Gasteiger partial charge < -0.3 is 10.2 Å². The summed E-state index contributed by atoms with van der Waals surface area (Å²) in [5.41, 5.74) is 0. The van der Waals surface area contributed by atoms with Crippen LogP contribution in [-0.2, 0) is 9.36 Å². The molecule has 3 N–H and O–H groups in total. The number of carboxylic acid groups (broad SMARTS) is 1. The van der Waals surface area contributed by atoms with Crippen molar-refractivity contribution < 1.29 is 19.6 Å². The monoisotopic (exact) mass is 165 g/mol. The van der Waals surface area contributed by atoms with E-state index in [9.17, 15) is 9.36 Å². The molecule has 10 heavy (non-hydrogen) atoms. The Morgan fingerprint density at radius 3 is 2.60 bits per heavy atom. The maximum absolute atomic E-state index is 10.2. The van der Waals surface area contributed by atoms with Gasteiger partial charge in [-0.25, -0.2) is 5.09 Å². The number of aliphatic hydroxyl groups is 1. The molecule has 58 valence electrons. The summed E-state index contributed by atoms with van der Waals surface area (Å²) in [5, 5.41) is 18.8. The third-order valence-corrected chi connectivity index (χ3v) is 1.34. The summed E-state index contributed by atoms with van der Waals surface area (Å²) in [7, 11) is -0.433. The van der Waals surface area contributed by atoms with Gasteiger partial charge in [0, 0.05) is 6.61 Å². The normalized spacial score (nSPS) is 13.3.